The number of hydrogen-bond donors (Lipinski definition) is 1. The molecule has 0 bridgehead atoms. The number of aryl methyl sites for hydroxylation is 1. The summed E-state index contributed by atoms with van der Waals surface area (Å²) in [5.74, 6) is -1.02. The largest absolute Gasteiger partial charge is 0.481 e. The van der Waals surface area contributed by atoms with Crippen LogP contribution in [0.1, 0.15) is 18.1 Å². The van der Waals surface area contributed by atoms with Gasteiger partial charge in [-0.15, -0.1) is 0 Å². The summed E-state index contributed by atoms with van der Waals surface area (Å²) in [6.45, 7) is 3.42. The van der Waals surface area contributed by atoms with Gasteiger partial charge in [-0.3, -0.25) is 9.59 Å². The van der Waals surface area contributed by atoms with Crippen LogP contribution in [0.2, 0.25) is 0 Å². The Morgan fingerprint density at radius 3 is 2.53 bits per heavy atom. The van der Waals surface area contributed by atoms with Crippen molar-refractivity contribution in [1.82, 2.24) is 0 Å². The quantitative estimate of drug-likeness (QED) is 0.875. The molecule has 1 aromatic carbocycles. The smallest absolute Gasteiger partial charge is 0.307 e. The van der Waals surface area contributed by atoms with Gasteiger partial charge in [0, 0.05) is 12.7 Å². The van der Waals surface area contributed by atoms with E-state index in [-0.39, 0.29) is 5.12 Å². The van der Waals surface area contributed by atoms with E-state index in [2.05, 4.69) is 0 Å². The highest BCUT2D eigenvalue weighted by Gasteiger charge is 2.19. The summed E-state index contributed by atoms with van der Waals surface area (Å²) in [6, 6.07) is 7.73. The third kappa shape index (κ3) is 4.61. The molecule has 0 heterocycles. The van der Waals surface area contributed by atoms with Crippen molar-refractivity contribution in [2.24, 2.45) is 5.92 Å². The van der Waals surface area contributed by atoms with Gasteiger partial charge in [-0.1, -0.05) is 36.0 Å². The molecule has 0 saturated heterocycles. The van der Waals surface area contributed by atoms with Gasteiger partial charge in [0.2, 0.25) is 0 Å². The maximum atomic E-state index is 11.1. The summed E-state index contributed by atoms with van der Waals surface area (Å²) in [4.78, 5) is 22.0. The molecule has 0 saturated carbocycles. The first-order chi connectivity index (χ1) is 8.00. The topological polar surface area (TPSA) is 54.4 Å². The Labute approximate surface area is 105 Å². The van der Waals surface area contributed by atoms with Crippen molar-refractivity contribution < 1.29 is 14.7 Å². The molecule has 0 radical (unpaired) electrons. The van der Waals surface area contributed by atoms with Crippen LogP contribution in [0.5, 0.6) is 0 Å². The molecule has 0 aliphatic carbocycles. The minimum Gasteiger partial charge on any atom is -0.481 e. The number of rotatable bonds is 5. The van der Waals surface area contributed by atoms with Gasteiger partial charge in [-0.25, -0.2) is 0 Å². The van der Waals surface area contributed by atoms with Crippen molar-refractivity contribution >= 4 is 22.8 Å². The van der Waals surface area contributed by atoms with Gasteiger partial charge in [0.15, 0.2) is 5.12 Å². The molecule has 17 heavy (non-hydrogen) atoms. The van der Waals surface area contributed by atoms with Gasteiger partial charge in [0.05, 0.1) is 5.92 Å². The second kappa shape index (κ2) is 6.45. The third-order valence-electron chi connectivity index (χ3n) is 2.56. The predicted octanol–water partition coefficient (Wildman–Crippen LogP) is 2.52. The highest BCUT2D eigenvalue weighted by atomic mass is 32.2. The van der Waals surface area contributed by atoms with Crippen molar-refractivity contribution in [2.45, 2.75) is 20.3 Å². The summed E-state index contributed by atoms with van der Waals surface area (Å²) in [6.07, 6.45) is 0.474. The number of aliphatic carboxylic acids is 1. The molecule has 4 heteroatoms. The molecule has 0 amide bonds. The minimum absolute atomic E-state index is 0.0407. The van der Waals surface area contributed by atoms with Crippen molar-refractivity contribution in [3.8, 4) is 0 Å². The van der Waals surface area contributed by atoms with Gasteiger partial charge >= 0.3 is 5.97 Å². The lowest BCUT2D eigenvalue weighted by molar-refractivity contribution is -0.140. The van der Waals surface area contributed by atoms with Crippen LogP contribution in [-0.2, 0) is 16.0 Å². The number of carboxylic acids is 1. The van der Waals surface area contributed by atoms with Crippen LogP contribution in [0.25, 0.3) is 0 Å². The highest BCUT2D eigenvalue weighted by Crippen LogP contribution is 2.18. The number of benzene rings is 1. The lowest BCUT2D eigenvalue weighted by Gasteiger charge is -2.12. The van der Waals surface area contributed by atoms with Crippen LogP contribution in [0.4, 0.5) is 0 Å². The summed E-state index contributed by atoms with van der Waals surface area (Å²) in [7, 11) is 0. The molecular formula is C13H16O3S. The summed E-state index contributed by atoms with van der Waals surface area (Å²) in [5.41, 5.74) is 2.12. The van der Waals surface area contributed by atoms with Crippen molar-refractivity contribution in [3.63, 3.8) is 0 Å². The third-order valence-corrected chi connectivity index (χ3v) is 3.54. The molecule has 1 aromatic rings. The van der Waals surface area contributed by atoms with Crippen molar-refractivity contribution in [2.75, 3.05) is 5.75 Å². The Bertz CT molecular complexity index is 415. The Morgan fingerprint density at radius 1 is 1.35 bits per heavy atom. The maximum Gasteiger partial charge on any atom is 0.307 e. The van der Waals surface area contributed by atoms with Crippen LogP contribution in [0, 0.1) is 12.8 Å². The fraction of sp³-hybridized carbons (Fsp3) is 0.385. The number of carbonyl (C=O) groups is 2. The first kappa shape index (κ1) is 13.8. The second-order valence-electron chi connectivity index (χ2n) is 3.97. The molecule has 0 unspecified atom stereocenters. The van der Waals surface area contributed by atoms with Gasteiger partial charge in [-0.2, -0.15) is 0 Å². The molecular weight excluding hydrogens is 236 g/mol. The number of hydrogen-bond acceptors (Lipinski definition) is 3. The van der Waals surface area contributed by atoms with Gasteiger partial charge < -0.3 is 5.11 Å². The highest BCUT2D eigenvalue weighted by molar-refractivity contribution is 8.13. The van der Waals surface area contributed by atoms with Crippen molar-refractivity contribution in [1.29, 1.82) is 0 Å². The Balaban J connectivity index is 2.70. The fourth-order valence-corrected chi connectivity index (χ4v) is 2.24. The fourth-order valence-electron chi connectivity index (χ4n) is 1.54. The molecule has 92 valence electrons. The average molecular weight is 252 g/mol. The zero-order valence-corrected chi connectivity index (χ0v) is 10.8. The molecule has 0 aliphatic rings. The van der Waals surface area contributed by atoms with Crippen LogP contribution in [0.15, 0.2) is 24.3 Å². The van der Waals surface area contributed by atoms with E-state index >= 15 is 0 Å². The number of carboxylic acid groups (broad SMARTS) is 1. The lowest BCUT2D eigenvalue weighted by atomic mass is 9.97. The molecule has 0 spiro atoms. The van der Waals surface area contributed by atoms with Crippen LogP contribution in [-0.4, -0.2) is 21.9 Å². The van der Waals surface area contributed by atoms with Gasteiger partial charge in [-0.05, 0) is 24.5 Å². The molecule has 1 rings (SSSR count). The predicted molar refractivity (Wildman–Crippen MR) is 69.1 cm³/mol. The van der Waals surface area contributed by atoms with Crippen LogP contribution < -0.4 is 0 Å². The van der Waals surface area contributed by atoms with Crippen LogP contribution >= 0.6 is 11.8 Å². The van der Waals surface area contributed by atoms with E-state index in [0.717, 1.165) is 22.9 Å². The molecule has 1 N–H and O–H groups in total. The molecule has 0 aromatic heterocycles. The van der Waals surface area contributed by atoms with E-state index in [0.29, 0.717) is 12.2 Å². The second-order valence-corrected chi connectivity index (χ2v) is 5.17. The monoisotopic (exact) mass is 252 g/mol. The Hall–Kier alpha value is -1.29. The number of thioether (sulfide) groups is 1. The summed E-state index contributed by atoms with van der Waals surface area (Å²) < 4.78 is 0. The zero-order valence-electron chi connectivity index (χ0n) is 9.97. The molecule has 3 nitrogen and oxygen atoms in total. The first-order valence-electron chi connectivity index (χ1n) is 5.41. The summed E-state index contributed by atoms with van der Waals surface area (Å²) in [5, 5.41) is 9.07. The van der Waals surface area contributed by atoms with E-state index < -0.39 is 11.9 Å². The Kier molecular flexibility index (Phi) is 5.22. The number of carbonyl (C=O) groups excluding carboxylic acids is 1. The van der Waals surface area contributed by atoms with E-state index in [4.69, 9.17) is 5.11 Å². The van der Waals surface area contributed by atoms with Gasteiger partial charge in [0.1, 0.15) is 0 Å². The molecule has 0 aliphatic heterocycles. The summed E-state index contributed by atoms with van der Waals surface area (Å²) >= 11 is 1.07. The molecule has 0 fully saturated rings. The van der Waals surface area contributed by atoms with E-state index in [1.54, 1.807) is 0 Å². The Morgan fingerprint density at radius 2 is 2.00 bits per heavy atom. The zero-order chi connectivity index (χ0) is 12.8. The SMILES string of the molecule is CC(=O)SC[C@H](Cc1ccccc1C)C(=O)O. The van der Waals surface area contributed by atoms with Crippen molar-refractivity contribution in [3.05, 3.63) is 35.4 Å². The minimum atomic E-state index is -0.845. The van der Waals surface area contributed by atoms with Crippen LogP contribution in [0.3, 0.4) is 0 Å². The first-order valence-corrected chi connectivity index (χ1v) is 6.40. The lowest BCUT2D eigenvalue weighted by Crippen LogP contribution is -2.20. The average Bonchev–Trinajstić information content (AvgIpc) is 2.25. The molecule has 1 atom stereocenters. The van der Waals surface area contributed by atoms with E-state index in [1.165, 1.54) is 6.92 Å². The van der Waals surface area contributed by atoms with E-state index in [9.17, 15) is 9.59 Å². The van der Waals surface area contributed by atoms with Gasteiger partial charge in [0.25, 0.3) is 0 Å². The maximum absolute atomic E-state index is 11.1. The normalized spacial score (nSPS) is 12.1. The van der Waals surface area contributed by atoms with E-state index in [1.807, 2.05) is 31.2 Å². The standard InChI is InChI=1S/C13H16O3S/c1-9-5-3-4-6-11(9)7-12(13(15)16)8-17-10(2)14/h3-6,12H,7-8H2,1-2H3,(H,15,16)/t12-/m0/s1.